The van der Waals surface area contributed by atoms with Crippen molar-refractivity contribution in [3.05, 3.63) is 457 Å². The summed E-state index contributed by atoms with van der Waals surface area (Å²) in [4.78, 5) is 0. The van der Waals surface area contributed by atoms with Crippen molar-refractivity contribution in [2.45, 2.75) is 62.3 Å². The number of thiophene rings is 4. The summed E-state index contributed by atoms with van der Waals surface area (Å²) in [6.07, 6.45) is 0. The average Bonchev–Trinajstić information content (AvgIpc) is 1.67. The molecule has 8 aromatic heterocycles. The Morgan fingerprint density at radius 2 is 0.543 bits per heavy atom. The maximum atomic E-state index is 5.78. The fourth-order valence-corrected chi connectivity index (χ4v) is 21.9. The van der Waals surface area contributed by atoms with Crippen LogP contribution in [0.4, 0.5) is 0 Å². The highest BCUT2D eigenvalue weighted by Crippen LogP contribution is 2.41. The smallest absolute Gasteiger partial charge is 0.138 e. The van der Waals surface area contributed by atoms with Gasteiger partial charge in [0.1, 0.15) is 44.7 Å². The van der Waals surface area contributed by atoms with Gasteiger partial charge >= 0.3 is 0 Å². The monoisotopic (exact) mass is 1740 g/mol. The third-order valence-electron chi connectivity index (χ3n) is 23.8. The number of rotatable bonds is 1. The van der Waals surface area contributed by atoms with Gasteiger partial charge < -0.3 is 17.7 Å². The molecule has 0 saturated heterocycles. The minimum atomic E-state index is 0.966. The first-order valence-corrected chi connectivity index (χ1v) is 47.0. The summed E-state index contributed by atoms with van der Waals surface area (Å²) >= 11 is 7.51. The van der Waals surface area contributed by atoms with Crippen LogP contribution in [0.15, 0.2) is 424 Å². The molecule has 8 heteroatoms. The highest BCUT2D eigenvalue weighted by atomic mass is 32.1. The molecule has 0 aliphatic rings. The molecule has 0 unspecified atom stereocenters. The van der Waals surface area contributed by atoms with Gasteiger partial charge in [0.05, 0.1) is 0 Å². The molecule has 626 valence electrons. The van der Waals surface area contributed by atoms with Gasteiger partial charge in [0.15, 0.2) is 0 Å². The van der Waals surface area contributed by atoms with Gasteiger partial charge in [-0.25, -0.2) is 0 Å². The number of fused-ring (bicyclic) bond motifs is 25. The van der Waals surface area contributed by atoms with Gasteiger partial charge in [-0.15, -0.1) is 45.3 Å². The molecular weight excluding hydrogens is 1650 g/mol. The number of benzene rings is 19. The lowest BCUT2D eigenvalue weighted by Gasteiger charge is -2.05. The molecule has 27 rings (SSSR count). The van der Waals surface area contributed by atoms with Crippen LogP contribution < -0.4 is 0 Å². The Kier molecular flexibility index (Phi) is 24.5. The predicted octanol–water partition coefficient (Wildman–Crippen LogP) is 37.8. The normalized spacial score (nSPS) is 11.1. The van der Waals surface area contributed by atoms with Gasteiger partial charge in [-0.1, -0.05) is 314 Å². The summed E-state index contributed by atoms with van der Waals surface area (Å²) in [5, 5.41) is 23.5. The number of hydrogen-bond acceptors (Lipinski definition) is 8. The summed E-state index contributed by atoms with van der Waals surface area (Å²) < 4.78 is 34.1. The summed E-state index contributed by atoms with van der Waals surface area (Å²) in [6, 6.07) is 142. The SMILES string of the molecule is Cc1ccc2c(c1)oc1ccccc12.Cc1ccc2c(c1)sc1ccccc12.Cc1ccc2oc3ccccc3c2c1.Cc1ccc2sc3ccccc3c2c1.Cc1cccc2c1oc1ccccc12.Cc1cccc2c1sc1ccccc12.Cc1cccc2cc(-c3ccccc3)ccc12.Cc1cccc2oc3ccccc3c12.Cc1cccc2sc3ccccc3c12. The molecule has 129 heavy (non-hydrogen) atoms. The lowest BCUT2D eigenvalue weighted by atomic mass is 9.99. The Morgan fingerprint density at radius 1 is 0.163 bits per heavy atom. The molecule has 19 aromatic carbocycles. The number of aryl methyl sites for hydroxylation is 9. The highest BCUT2D eigenvalue weighted by Gasteiger charge is 2.14. The van der Waals surface area contributed by atoms with E-state index < -0.39 is 0 Å². The Morgan fingerprint density at radius 3 is 1.23 bits per heavy atom. The molecule has 0 radical (unpaired) electrons. The van der Waals surface area contributed by atoms with E-state index in [-0.39, 0.29) is 0 Å². The van der Waals surface area contributed by atoms with Crippen LogP contribution in [0.3, 0.4) is 0 Å². The summed E-state index contributed by atoms with van der Waals surface area (Å²) in [5.41, 5.74) is 22.1. The highest BCUT2D eigenvalue weighted by molar-refractivity contribution is 7.27. The Bertz CT molecular complexity index is 8220. The van der Waals surface area contributed by atoms with Crippen LogP contribution in [-0.4, -0.2) is 0 Å². The first-order chi connectivity index (χ1) is 63.2. The van der Waals surface area contributed by atoms with Crippen LogP contribution in [0, 0.1) is 62.3 Å². The van der Waals surface area contributed by atoms with Gasteiger partial charge in [0, 0.05) is 124 Å². The Balaban J connectivity index is 0.0000000943. The molecule has 0 saturated carbocycles. The molecule has 0 fully saturated rings. The second kappa shape index (κ2) is 37.6. The van der Waals surface area contributed by atoms with Crippen LogP contribution in [0.1, 0.15) is 50.1 Å². The molecular formula is C121H94O4S4. The summed E-state index contributed by atoms with van der Waals surface area (Å²) in [6.45, 7) is 19.2. The van der Waals surface area contributed by atoms with E-state index in [1.807, 2.05) is 136 Å². The van der Waals surface area contributed by atoms with Crippen LogP contribution in [0.25, 0.3) is 190 Å². The average molecular weight is 1740 g/mol. The maximum Gasteiger partial charge on any atom is 0.138 e. The van der Waals surface area contributed by atoms with Crippen molar-refractivity contribution in [1.29, 1.82) is 0 Å². The third kappa shape index (κ3) is 17.9. The lowest BCUT2D eigenvalue weighted by Crippen LogP contribution is -1.81. The topological polar surface area (TPSA) is 52.6 Å². The molecule has 27 aromatic rings. The molecule has 0 N–H and O–H groups in total. The number of hydrogen-bond donors (Lipinski definition) is 0. The van der Waals surface area contributed by atoms with Crippen LogP contribution in [0.2, 0.25) is 0 Å². The van der Waals surface area contributed by atoms with Crippen molar-refractivity contribution >= 4 is 225 Å². The predicted molar refractivity (Wildman–Crippen MR) is 564 cm³/mol. The molecule has 0 aliphatic heterocycles. The van der Waals surface area contributed by atoms with Crippen LogP contribution in [-0.2, 0) is 0 Å². The minimum absolute atomic E-state index is 0.966. The zero-order valence-electron chi connectivity index (χ0n) is 73.4. The van der Waals surface area contributed by atoms with E-state index in [2.05, 4.69) is 378 Å². The van der Waals surface area contributed by atoms with Crippen LogP contribution in [0.5, 0.6) is 0 Å². The Labute approximate surface area is 766 Å². The second-order valence-corrected chi connectivity index (χ2v) is 37.3. The first-order valence-electron chi connectivity index (χ1n) is 43.7. The van der Waals surface area contributed by atoms with E-state index in [0.29, 0.717) is 0 Å². The fourth-order valence-electron chi connectivity index (χ4n) is 17.3. The van der Waals surface area contributed by atoms with Crippen molar-refractivity contribution in [3.63, 3.8) is 0 Å². The number of para-hydroxylation sites is 5. The Hall–Kier alpha value is -14.5. The van der Waals surface area contributed by atoms with Crippen molar-refractivity contribution in [3.8, 4) is 11.1 Å². The molecule has 0 aliphatic carbocycles. The standard InChI is InChI=1S/C17H14.4C13H10O.4C13H10S/c1-13-6-5-9-16-12-15(10-11-17(13)16)14-7-3-2-4-8-14;1-9-5-4-7-11-10-6-2-3-8-12(10)14-13(9)11;1-9-5-4-8-12-13(9)10-6-2-3-7-11(10)14-12;1-9-6-7-13-11(8-9)10-4-2-3-5-12(10)14-13;1-9-6-7-11-10-4-2-3-5-12(10)14-13(11)8-9;1-9-5-4-7-11-10-6-2-3-8-12(10)14-13(9)11;1-9-5-4-8-12-13(9)10-6-2-3-7-11(10)14-12;1-9-6-7-13-11(8-9)10-4-2-3-5-12(10)14-13;1-9-6-7-11-10-4-2-3-5-12(10)14-13(11)8-9/h2-12H,1H3;8*2-8H,1H3. The molecule has 0 amide bonds. The van der Waals surface area contributed by atoms with Crippen molar-refractivity contribution in [2.24, 2.45) is 0 Å². The van der Waals surface area contributed by atoms with Gasteiger partial charge in [0.2, 0.25) is 0 Å². The van der Waals surface area contributed by atoms with Gasteiger partial charge in [-0.05, 0) is 226 Å². The van der Waals surface area contributed by atoms with E-state index in [9.17, 15) is 0 Å². The van der Waals surface area contributed by atoms with E-state index in [1.165, 1.54) is 196 Å². The summed E-state index contributed by atoms with van der Waals surface area (Å²) in [5.74, 6) is 0. The van der Waals surface area contributed by atoms with Gasteiger partial charge in [-0.2, -0.15) is 0 Å². The quantitative estimate of drug-likeness (QED) is 0.164. The zero-order valence-corrected chi connectivity index (χ0v) is 76.7. The van der Waals surface area contributed by atoms with E-state index in [4.69, 9.17) is 17.7 Å². The first kappa shape index (κ1) is 84.0. The van der Waals surface area contributed by atoms with Gasteiger partial charge in [0.25, 0.3) is 0 Å². The molecule has 0 spiro atoms. The molecule has 0 bridgehead atoms. The third-order valence-corrected chi connectivity index (χ3v) is 28.5. The van der Waals surface area contributed by atoms with Crippen molar-refractivity contribution in [2.75, 3.05) is 0 Å². The van der Waals surface area contributed by atoms with E-state index >= 15 is 0 Å². The van der Waals surface area contributed by atoms with Gasteiger partial charge in [-0.3, -0.25) is 0 Å². The summed E-state index contributed by atoms with van der Waals surface area (Å²) in [7, 11) is 0. The lowest BCUT2D eigenvalue weighted by molar-refractivity contribution is 0.665. The van der Waals surface area contributed by atoms with Crippen molar-refractivity contribution in [1.82, 2.24) is 0 Å². The van der Waals surface area contributed by atoms with E-state index in [0.717, 1.165) is 44.7 Å². The fraction of sp³-hybridized carbons (Fsp3) is 0.0744. The maximum absolute atomic E-state index is 5.78. The minimum Gasteiger partial charge on any atom is -0.456 e. The molecule has 0 atom stereocenters. The molecule has 4 nitrogen and oxygen atoms in total. The molecule has 8 heterocycles. The van der Waals surface area contributed by atoms with Crippen LogP contribution >= 0.6 is 45.3 Å². The largest absolute Gasteiger partial charge is 0.456 e. The zero-order chi connectivity index (χ0) is 88.0. The number of furan rings is 4. The van der Waals surface area contributed by atoms with E-state index in [1.54, 1.807) is 0 Å². The van der Waals surface area contributed by atoms with Crippen molar-refractivity contribution < 1.29 is 17.7 Å². The second-order valence-electron chi connectivity index (χ2n) is 33.0.